The maximum Gasteiger partial charge on any atom is 0.243 e. The zero-order valence-corrected chi connectivity index (χ0v) is 12.0. The van der Waals surface area contributed by atoms with Gasteiger partial charge in [0.15, 0.2) is 0 Å². The third-order valence-electron chi connectivity index (χ3n) is 5.58. The molecular formula is C14H24N2O3. The van der Waals surface area contributed by atoms with Gasteiger partial charge < -0.3 is 20.1 Å². The van der Waals surface area contributed by atoms with Gasteiger partial charge in [0.1, 0.15) is 5.54 Å². The lowest BCUT2D eigenvalue weighted by Crippen LogP contribution is -2.80. The minimum Gasteiger partial charge on any atom is -0.379 e. The van der Waals surface area contributed by atoms with Crippen LogP contribution >= 0.6 is 0 Å². The van der Waals surface area contributed by atoms with E-state index in [1.54, 1.807) is 0 Å². The summed E-state index contributed by atoms with van der Waals surface area (Å²) in [6.45, 7) is 6.19. The van der Waals surface area contributed by atoms with Crippen molar-refractivity contribution in [3.63, 3.8) is 0 Å². The van der Waals surface area contributed by atoms with Crippen molar-refractivity contribution in [2.45, 2.75) is 44.4 Å². The lowest BCUT2D eigenvalue weighted by Gasteiger charge is -2.61. The van der Waals surface area contributed by atoms with Gasteiger partial charge in [0, 0.05) is 31.6 Å². The fourth-order valence-corrected chi connectivity index (χ4v) is 4.10. The number of carbonyl (C=O) groups excluding carboxylic acids is 1. The molecule has 0 aromatic carbocycles. The molecule has 2 aliphatic heterocycles. The lowest BCUT2D eigenvalue weighted by molar-refractivity contribution is -0.184. The van der Waals surface area contributed by atoms with Gasteiger partial charge in [-0.25, -0.2) is 0 Å². The van der Waals surface area contributed by atoms with Crippen molar-refractivity contribution < 1.29 is 14.3 Å². The summed E-state index contributed by atoms with van der Waals surface area (Å²) < 4.78 is 11.1. The molecule has 5 nitrogen and oxygen atoms in total. The van der Waals surface area contributed by atoms with E-state index in [0.717, 1.165) is 26.1 Å². The maximum atomic E-state index is 12.9. The minimum atomic E-state index is -0.786. The van der Waals surface area contributed by atoms with E-state index in [9.17, 15) is 4.79 Å². The summed E-state index contributed by atoms with van der Waals surface area (Å²) in [5.41, 5.74) is 5.49. The van der Waals surface area contributed by atoms with Crippen LogP contribution in [-0.4, -0.2) is 55.4 Å². The molecule has 4 unspecified atom stereocenters. The van der Waals surface area contributed by atoms with E-state index in [2.05, 4.69) is 13.8 Å². The van der Waals surface area contributed by atoms with Crippen LogP contribution in [0.3, 0.4) is 0 Å². The first-order chi connectivity index (χ1) is 8.90. The van der Waals surface area contributed by atoms with Crippen LogP contribution in [0.4, 0.5) is 0 Å². The van der Waals surface area contributed by atoms with Gasteiger partial charge in [-0.1, -0.05) is 13.8 Å². The number of fused-ring (bicyclic) bond motifs is 1. The monoisotopic (exact) mass is 268 g/mol. The molecule has 3 fully saturated rings. The third kappa shape index (κ3) is 1.55. The quantitative estimate of drug-likeness (QED) is 0.786. The van der Waals surface area contributed by atoms with Crippen LogP contribution in [0.15, 0.2) is 0 Å². The molecule has 0 radical (unpaired) electrons. The third-order valence-corrected chi connectivity index (χ3v) is 5.58. The van der Waals surface area contributed by atoms with Gasteiger partial charge in [-0.3, -0.25) is 4.79 Å². The molecular weight excluding hydrogens is 244 g/mol. The molecule has 2 heterocycles. The summed E-state index contributed by atoms with van der Waals surface area (Å²) >= 11 is 0. The molecule has 19 heavy (non-hydrogen) atoms. The van der Waals surface area contributed by atoms with Crippen LogP contribution < -0.4 is 5.73 Å². The second-order valence-electron chi connectivity index (χ2n) is 6.71. The topological polar surface area (TPSA) is 64.8 Å². The molecule has 0 aromatic heterocycles. The molecule has 0 bridgehead atoms. The number of amides is 1. The predicted molar refractivity (Wildman–Crippen MR) is 70.5 cm³/mol. The molecule has 1 saturated carbocycles. The SMILES string of the molecule is CN(C(=O)C1(N)C2CCOC2C1(C)C)C1CCOC1. The molecule has 3 aliphatic rings. The molecule has 2 saturated heterocycles. The second-order valence-corrected chi connectivity index (χ2v) is 6.71. The van der Waals surface area contributed by atoms with E-state index >= 15 is 0 Å². The molecule has 3 rings (SSSR count). The second kappa shape index (κ2) is 4.17. The molecule has 5 heteroatoms. The highest BCUT2D eigenvalue weighted by Crippen LogP contribution is 2.58. The Kier molecular flexibility index (Phi) is 2.93. The van der Waals surface area contributed by atoms with Crippen LogP contribution in [0.5, 0.6) is 0 Å². The summed E-state index contributed by atoms with van der Waals surface area (Å²) in [4.78, 5) is 14.7. The van der Waals surface area contributed by atoms with Crippen molar-refractivity contribution in [3.8, 4) is 0 Å². The number of likely N-dealkylation sites (N-methyl/N-ethyl adjacent to an activating group) is 1. The lowest BCUT2D eigenvalue weighted by atomic mass is 9.47. The van der Waals surface area contributed by atoms with Gasteiger partial charge in [-0.15, -0.1) is 0 Å². The Morgan fingerprint density at radius 2 is 2.05 bits per heavy atom. The van der Waals surface area contributed by atoms with Gasteiger partial charge in [0.25, 0.3) is 0 Å². The number of nitrogens with two attached hydrogens (primary N) is 1. The number of ether oxygens (including phenoxy) is 2. The first-order valence-electron chi connectivity index (χ1n) is 7.16. The predicted octanol–water partition coefficient (Wildman–Crippen LogP) is 0.376. The van der Waals surface area contributed by atoms with Gasteiger partial charge in [0.05, 0.1) is 18.8 Å². The maximum absolute atomic E-state index is 12.9. The first-order valence-corrected chi connectivity index (χ1v) is 7.16. The van der Waals surface area contributed by atoms with Crippen LogP contribution in [-0.2, 0) is 14.3 Å². The van der Waals surface area contributed by atoms with E-state index in [-0.39, 0.29) is 29.4 Å². The van der Waals surface area contributed by atoms with E-state index in [1.165, 1.54) is 0 Å². The number of hydrogen-bond acceptors (Lipinski definition) is 4. The normalized spacial score (nSPS) is 43.7. The standard InChI is InChI=1S/C14H24N2O3/c1-13(2)11-10(5-7-19-11)14(13,15)12(17)16(3)9-4-6-18-8-9/h9-11H,4-8,15H2,1-3H3. The highest BCUT2D eigenvalue weighted by molar-refractivity contribution is 5.89. The fraction of sp³-hybridized carbons (Fsp3) is 0.929. The largest absolute Gasteiger partial charge is 0.379 e. The molecule has 0 spiro atoms. The smallest absolute Gasteiger partial charge is 0.243 e. The Balaban J connectivity index is 1.82. The molecule has 2 N–H and O–H groups in total. The zero-order valence-electron chi connectivity index (χ0n) is 12.0. The molecule has 108 valence electrons. The Bertz CT molecular complexity index is 392. The summed E-state index contributed by atoms with van der Waals surface area (Å²) in [6, 6.07) is 0.171. The highest BCUT2D eigenvalue weighted by atomic mass is 16.5. The van der Waals surface area contributed by atoms with Crippen molar-refractivity contribution in [1.29, 1.82) is 0 Å². The molecule has 0 aromatic rings. The number of hydrogen-bond donors (Lipinski definition) is 1. The summed E-state index contributed by atoms with van der Waals surface area (Å²) in [5, 5.41) is 0. The van der Waals surface area contributed by atoms with Gasteiger partial charge >= 0.3 is 0 Å². The van der Waals surface area contributed by atoms with E-state index in [1.807, 2.05) is 11.9 Å². The van der Waals surface area contributed by atoms with Gasteiger partial charge in [-0.2, -0.15) is 0 Å². The Morgan fingerprint density at radius 3 is 2.68 bits per heavy atom. The van der Waals surface area contributed by atoms with Crippen LogP contribution in [0.2, 0.25) is 0 Å². The van der Waals surface area contributed by atoms with E-state index in [0.29, 0.717) is 6.61 Å². The van der Waals surface area contributed by atoms with E-state index < -0.39 is 5.54 Å². The van der Waals surface area contributed by atoms with Crippen molar-refractivity contribution in [3.05, 3.63) is 0 Å². The average Bonchev–Trinajstić information content (AvgIpc) is 3.05. The van der Waals surface area contributed by atoms with Crippen molar-refractivity contribution >= 4 is 5.91 Å². The fourth-order valence-electron chi connectivity index (χ4n) is 4.10. The zero-order chi connectivity index (χ0) is 13.8. The average molecular weight is 268 g/mol. The Labute approximate surface area is 114 Å². The van der Waals surface area contributed by atoms with Crippen molar-refractivity contribution in [2.75, 3.05) is 26.9 Å². The highest BCUT2D eigenvalue weighted by Gasteiger charge is 2.71. The molecule has 1 aliphatic carbocycles. The van der Waals surface area contributed by atoms with Crippen molar-refractivity contribution in [1.82, 2.24) is 4.90 Å². The van der Waals surface area contributed by atoms with Crippen molar-refractivity contribution in [2.24, 2.45) is 17.1 Å². The number of carbonyl (C=O) groups is 1. The van der Waals surface area contributed by atoms with Gasteiger partial charge in [0.2, 0.25) is 5.91 Å². The number of nitrogens with zero attached hydrogens (tertiary/aromatic N) is 1. The Hall–Kier alpha value is -0.650. The summed E-state index contributed by atoms with van der Waals surface area (Å²) in [6.07, 6.45) is 1.93. The summed E-state index contributed by atoms with van der Waals surface area (Å²) in [5.74, 6) is 0.222. The van der Waals surface area contributed by atoms with Crippen LogP contribution in [0, 0.1) is 11.3 Å². The first kappa shape index (κ1) is 13.3. The van der Waals surface area contributed by atoms with E-state index in [4.69, 9.17) is 15.2 Å². The number of rotatable bonds is 2. The minimum absolute atomic E-state index is 0.0553. The van der Waals surface area contributed by atoms with Gasteiger partial charge in [-0.05, 0) is 12.8 Å². The summed E-state index contributed by atoms with van der Waals surface area (Å²) in [7, 11) is 1.86. The Morgan fingerprint density at radius 1 is 1.32 bits per heavy atom. The van der Waals surface area contributed by atoms with Crippen LogP contribution in [0.1, 0.15) is 26.7 Å². The molecule has 4 atom stereocenters. The molecule has 1 amide bonds. The van der Waals surface area contributed by atoms with Crippen LogP contribution in [0.25, 0.3) is 0 Å².